The number of aliphatic hydroxyl groups is 2. The van der Waals surface area contributed by atoms with Crippen LogP contribution in [-0.4, -0.2) is 69.2 Å². The summed E-state index contributed by atoms with van der Waals surface area (Å²) in [5.41, 5.74) is 0. The lowest BCUT2D eigenvalue weighted by Crippen LogP contribution is -2.29. The standard InChI is InChI=1S/C42H73O11P/c1-3-5-7-8-9-10-11-12-13-14-15-16-17-18-19-25-29-42(47)53-36(34-52-54(48,49)50)33-51-41(46)28-24-21-20-23-27-37-38(40(45)32-39(37)44)31-30-35(43)26-22-6-4-2/h9-10,12-13,30-31,35-38,40,43,45H,3-8,11,14-29,32-34H2,1-2H3,(H2,48,49,50)/b10-9-,13-12-,31-30+/t35-,36+,37+,38+,40+/m0/s1. The van der Waals surface area contributed by atoms with Crippen molar-refractivity contribution >= 4 is 25.5 Å². The molecule has 1 aliphatic rings. The van der Waals surface area contributed by atoms with Crippen LogP contribution in [0.2, 0.25) is 0 Å². The van der Waals surface area contributed by atoms with E-state index in [2.05, 4.69) is 42.7 Å². The maximum atomic E-state index is 12.5. The molecule has 5 atom stereocenters. The van der Waals surface area contributed by atoms with Crippen molar-refractivity contribution in [2.24, 2.45) is 11.8 Å². The normalized spacial score (nSPS) is 19.0. The van der Waals surface area contributed by atoms with Crippen molar-refractivity contribution in [2.45, 2.75) is 186 Å². The van der Waals surface area contributed by atoms with Gasteiger partial charge in [-0.25, -0.2) is 4.57 Å². The summed E-state index contributed by atoms with van der Waals surface area (Å²) in [5.74, 6) is -1.59. The lowest BCUT2D eigenvalue weighted by atomic mass is 9.88. The van der Waals surface area contributed by atoms with Gasteiger partial charge in [0.25, 0.3) is 0 Å². The highest BCUT2D eigenvalue weighted by molar-refractivity contribution is 7.46. The second-order valence-corrected chi connectivity index (χ2v) is 16.0. The van der Waals surface area contributed by atoms with E-state index in [0.29, 0.717) is 25.7 Å². The Morgan fingerprint density at radius 3 is 2.00 bits per heavy atom. The van der Waals surface area contributed by atoms with E-state index in [1.807, 2.05) is 0 Å². The van der Waals surface area contributed by atoms with Crippen LogP contribution >= 0.6 is 7.82 Å². The van der Waals surface area contributed by atoms with Gasteiger partial charge >= 0.3 is 19.8 Å². The Labute approximate surface area is 325 Å². The Kier molecular flexibility index (Phi) is 29.6. The number of allylic oxidation sites excluding steroid dienone is 4. The largest absolute Gasteiger partial charge is 0.469 e. The molecule has 0 aliphatic heterocycles. The Bertz CT molecular complexity index is 1130. The zero-order valence-corrected chi connectivity index (χ0v) is 34.2. The van der Waals surface area contributed by atoms with E-state index >= 15 is 0 Å². The fourth-order valence-corrected chi connectivity index (χ4v) is 6.95. The molecule has 1 fully saturated rings. The Balaban J connectivity index is 2.27. The second kappa shape index (κ2) is 32.0. The number of unbranched alkanes of at least 4 members (excludes halogenated alkanes) is 14. The first-order chi connectivity index (χ1) is 26.0. The quantitative estimate of drug-likeness (QED) is 0.0212. The summed E-state index contributed by atoms with van der Waals surface area (Å²) in [7, 11) is -4.82. The third-order valence-electron chi connectivity index (χ3n) is 9.78. The minimum atomic E-state index is -4.82. The van der Waals surface area contributed by atoms with E-state index in [1.54, 1.807) is 12.2 Å². The molecule has 4 N–H and O–H groups in total. The fraction of sp³-hybridized carbons (Fsp3) is 0.786. The minimum Gasteiger partial charge on any atom is -0.462 e. The van der Waals surface area contributed by atoms with Crippen molar-refractivity contribution in [3.8, 4) is 0 Å². The predicted molar refractivity (Wildman–Crippen MR) is 212 cm³/mol. The van der Waals surface area contributed by atoms with Crippen LogP contribution in [0.4, 0.5) is 0 Å². The maximum absolute atomic E-state index is 12.5. The third-order valence-corrected chi connectivity index (χ3v) is 10.3. The van der Waals surface area contributed by atoms with Crippen LogP contribution in [0.1, 0.15) is 168 Å². The second-order valence-electron chi connectivity index (χ2n) is 14.7. The van der Waals surface area contributed by atoms with Crippen molar-refractivity contribution in [1.82, 2.24) is 0 Å². The molecule has 1 aliphatic carbocycles. The summed E-state index contributed by atoms with van der Waals surface area (Å²) in [6.07, 6.45) is 30.5. The number of hydrogen-bond acceptors (Lipinski definition) is 9. The molecule has 12 heteroatoms. The highest BCUT2D eigenvalue weighted by Gasteiger charge is 2.39. The first-order valence-electron chi connectivity index (χ1n) is 20.9. The smallest absolute Gasteiger partial charge is 0.462 e. The number of phosphoric acid groups is 1. The zero-order valence-electron chi connectivity index (χ0n) is 33.3. The SMILES string of the molecule is CCCCC/C=C\C/C=C\CCCCCCCCC(=O)O[C@H](COC(=O)CCCCCC[C@H]1C(=O)C[C@@H](O)[C@@H]1/C=C/[C@@H](O)CCCCC)COP(=O)(O)O. The van der Waals surface area contributed by atoms with Gasteiger partial charge < -0.3 is 29.5 Å². The van der Waals surface area contributed by atoms with Crippen LogP contribution < -0.4 is 0 Å². The summed E-state index contributed by atoms with van der Waals surface area (Å²) in [5, 5.41) is 20.6. The molecule has 0 spiro atoms. The Hall–Kier alpha value is -2.14. The number of Topliss-reactive ketones (excluding diaryl/α,β-unsaturated/α-hetero) is 1. The van der Waals surface area contributed by atoms with Crippen molar-refractivity contribution in [3.63, 3.8) is 0 Å². The third kappa shape index (κ3) is 27.4. The highest BCUT2D eigenvalue weighted by atomic mass is 31.2. The van der Waals surface area contributed by atoms with Crippen molar-refractivity contribution in [1.29, 1.82) is 0 Å². The highest BCUT2D eigenvalue weighted by Crippen LogP contribution is 2.36. The number of phosphoric ester groups is 1. The number of ketones is 1. The van der Waals surface area contributed by atoms with E-state index in [9.17, 15) is 29.2 Å². The molecule has 0 aromatic rings. The minimum absolute atomic E-state index is 0.0423. The topological polar surface area (TPSA) is 177 Å². The van der Waals surface area contributed by atoms with Gasteiger partial charge in [-0.1, -0.05) is 127 Å². The van der Waals surface area contributed by atoms with Crippen LogP contribution in [-0.2, 0) is 32.9 Å². The summed E-state index contributed by atoms with van der Waals surface area (Å²) in [6.45, 7) is 3.34. The Morgan fingerprint density at radius 2 is 1.35 bits per heavy atom. The summed E-state index contributed by atoms with van der Waals surface area (Å²) in [6, 6.07) is 0. The molecule has 0 heterocycles. The van der Waals surface area contributed by atoms with Gasteiger partial charge in [0.1, 0.15) is 12.4 Å². The van der Waals surface area contributed by atoms with E-state index in [4.69, 9.17) is 19.3 Å². The van der Waals surface area contributed by atoms with Gasteiger partial charge in [0.2, 0.25) is 0 Å². The molecule has 312 valence electrons. The van der Waals surface area contributed by atoms with Crippen molar-refractivity contribution < 1.29 is 52.9 Å². The van der Waals surface area contributed by atoms with E-state index < -0.39 is 44.7 Å². The van der Waals surface area contributed by atoms with Crippen LogP contribution in [0.25, 0.3) is 0 Å². The van der Waals surface area contributed by atoms with E-state index in [-0.39, 0.29) is 43.5 Å². The Morgan fingerprint density at radius 1 is 0.778 bits per heavy atom. The fourth-order valence-electron chi connectivity index (χ4n) is 6.59. The number of carbonyl (C=O) groups excluding carboxylic acids is 3. The maximum Gasteiger partial charge on any atom is 0.469 e. The molecule has 0 bridgehead atoms. The lowest BCUT2D eigenvalue weighted by Gasteiger charge is -2.18. The van der Waals surface area contributed by atoms with Gasteiger partial charge in [-0.3, -0.25) is 18.9 Å². The molecular weight excluding hydrogens is 711 g/mol. The molecule has 0 aromatic heterocycles. The predicted octanol–water partition coefficient (Wildman–Crippen LogP) is 9.16. The van der Waals surface area contributed by atoms with Gasteiger partial charge in [-0.15, -0.1) is 0 Å². The summed E-state index contributed by atoms with van der Waals surface area (Å²) < 4.78 is 26.4. The molecule has 0 amide bonds. The first-order valence-corrected chi connectivity index (χ1v) is 22.4. The van der Waals surface area contributed by atoms with Crippen molar-refractivity contribution in [3.05, 3.63) is 36.5 Å². The van der Waals surface area contributed by atoms with Gasteiger partial charge in [-0.2, -0.15) is 0 Å². The lowest BCUT2D eigenvalue weighted by molar-refractivity contribution is -0.161. The molecular formula is C42H73O11P. The van der Waals surface area contributed by atoms with Crippen LogP contribution in [0.5, 0.6) is 0 Å². The number of carbonyl (C=O) groups is 3. The molecule has 1 saturated carbocycles. The van der Waals surface area contributed by atoms with Crippen LogP contribution in [0.3, 0.4) is 0 Å². The molecule has 1 rings (SSSR count). The van der Waals surface area contributed by atoms with Crippen LogP contribution in [0.15, 0.2) is 36.5 Å². The molecule has 0 radical (unpaired) electrons. The summed E-state index contributed by atoms with van der Waals surface area (Å²) in [4.78, 5) is 55.6. The van der Waals surface area contributed by atoms with Gasteiger partial charge in [0.05, 0.1) is 18.8 Å². The first kappa shape index (κ1) is 49.9. The molecule has 54 heavy (non-hydrogen) atoms. The average Bonchev–Trinajstić information content (AvgIpc) is 3.40. The number of rotatable bonds is 34. The molecule has 0 aromatic carbocycles. The number of hydrogen-bond donors (Lipinski definition) is 4. The monoisotopic (exact) mass is 784 g/mol. The average molecular weight is 785 g/mol. The van der Waals surface area contributed by atoms with Crippen molar-refractivity contribution in [2.75, 3.05) is 13.2 Å². The van der Waals surface area contributed by atoms with Gasteiger partial charge in [0, 0.05) is 31.1 Å². The van der Waals surface area contributed by atoms with Gasteiger partial charge in [-0.05, 0) is 57.8 Å². The van der Waals surface area contributed by atoms with Crippen LogP contribution in [0, 0.1) is 11.8 Å². The number of aliphatic hydroxyl groups excluding tert-OH is 2. The molecule has 11 nitrogen and oxygen atoms in total. The summed E-state index contributed by atoms with van der Waals surface area (Å²) >= 11 is 0. The molecule has 0 saturated heterocycles. The van der Waals surface area contributed by atoms with E-state index in [1.165, 1.54) is 19.3 Å². The number of esters is 2. The molecule has 0 unspecified atom stereocenters. The number of ether oxygens (including phenoxy) is 2. The zero-order chi connectivity index (χ0) is 39.9. The van der Waals surface area contributed by atoms with Gasteiger partial charge in [0.15, 0.2) is 6.10 Å². The van der Waals surface area contributed by atoms with E-state index in [0.717, 1.165) is 89.9 Å².